The minimum absolute atomic E-state index is 0.905. The van der Waals surface area contributed by atoms with Crippen molar-refractivity contribution in [1.82, 2.24) is 4.57 Å². The van der Waals surface area contributed by atoms with Gasteiger partial charge in [0.1, 0.15) is 11.2 Å². The zero-order valence-electron chi connectivity index (χ0n) is 31.9. The fraction of sp³-hybridized carbons (Fsp3) is 0. The normalized spacial score (nSPS) is 11.6. The van der Waals surface area contributed by atoms with E-state index in [4.69, 9.17) is 4.42 Å². The van der Waals surface area contributed by atoms with E-state index in [9.17, 15) is 0 Å². The zero-order chi connectivity index (χ0) is 39.5. The van der Waals surface area contributed by atoms with Crippen LogP contribution < -0.4 is 10.2 Å². The molecular weight excluding hydrogens is 850 g/mol. The molecule has 59 heavy (non-hydrogen) atoms. The van der Waals surface area contributed by atoms with Crippen molar-refractivity contribution in [1.29, 1.82) is 0 Å². The molecule has 1 atom stereocenters. The van der Waals surface area contributed by atoms with Crippen molar-refractivity contribution in [3.63, 3.8) is 0 Å². The topological polar surface area (TPSA) is 21.3 Å². The van der Waals surface area contributed by atoms with Gasteiger partial charge in [-0.25, -0.2) is 0 Å². The number of benzene rings is 9. The minimum atomic E-state index is 0.905. The van der Waals surface area contributed by atoms with Crippen molar-refractivity contribution in [3.8, 4) is 39.1 Å². The summed E-state index contributed by atoms with van der Waals surface area (Å²) in [5.41, 5.74) is 15.5. The largest absolute Gasteiger partial charge is 0.455 e. The zero-order valence-corrected chi connectivity index (χ0v) is 35.2. The highest BCUT2D eigenvalue weighted by Crippen LogP contribution is 2.41. The van der Waals surface area contributed by atoms with Crippen LogP contribution in [0.25, 0.3) is 82.8 Å². The van der Waals surface area contributed by atoms with Crippen LogP contribution >= 0.6 is 31.8 Å². The van der Waals surface area contributed by atoms with Crippen LogP contribution in [-0.4, -0.2) is 4.57 Å². The smallest absolute Gasteiger partial charge is 0.143 e. The van der Waals surface area contributed by atoms with Gasteiger partial charge in [0.25, 0.3) is 0 Å². The number of aromatic nitrogens is 1. The second-order valence-corrected chi connectivity index (χ2v) is 16.7. The molecule has 0 spiro atoms. The van der Waals surface area contributed by atoms with Crippen molar-refractivity contribution in [3.05, 3.63) is 210 Å². The molecule has 11 rings (SSSR count). The number of rotatable bonds is 7. The lowest BCUT2D eigenvalue weighted by molar-refractivity contribution is 0.670. The van der Waals surface area contributed by atoms with Crippen LogP contribution in [0.5, 0.6) is 0 Å². The minimum Gasteiger partial charge on any atom is -0.455 e. The van der Waals surface area contributed by atoms with Gasteiger partial charge in [0.15, 0.2) is 0 Å². The molecule has 280 valence electrons. The van der Waals surface area contributed by atoms with Gasteiger partial charge in [0.05, 0.1) is 11.0 Å². The Morgan fingerprint density at radius 3 is 1.78 bits per heavy atom. The molecule has 0 aliphatic heterocycles. The maximum atomic E-state index is 6.41. The van der Waals surface area contributed by atoms with Crippen LogP contribution in [0.15, 0.2) is 211 Å². The number of hydrogen-bond donors (Lipinski definition) is 0. The lowest BCUT2D eigenvalue weighted by Crippen LogP contribution is -2.09. The first kappa shape index (κ1) is 35.7. The highest BCUT2D eigenvalue weighted by atomic mass is 127. The molecule has 3 nitrogen and oxygen atoms in total. The Balaban J connectivity index is 0.979. The van der Waals surface area contributed by atoms with E-state index in [-0.39, 0.29) is 0 Å². The van der Waals surface area contributed by atoms with E-state index in [2.05, 4.69) is 235 Å². The first-order valence-corrected chi connectivity index (χ1v) is 21.4. The monoisotopic (exact) mass is 886 g/mol. The summed E-state index contributed by atoms with van der Waals surface area (Å²) in [4.78, 5) is 2.33. The molecule has 0 aliphatic carbocycles. The van der Waals surface area contributed by atoms with Crippen LogP contribution in [0, 0.1) is 3.57 Å². The molecule has 0 fully saturated rings. The third-order valence-corrected chi connectivity index (χ3v) is 12.7. The van der Waals surface area contributed by atoms with Crippen LogP contribution in [0.3, 0.4) is 0 Å². The summed E-state index contributed by atoms with van der Waals surface area (Å²) in [7, 11) is 2.87. The summed E-state index contributed by atoms with van der Waals surface area (Å²) < 4.78 is 10.1. The second-order valence-electron chi connectivity index (χ2n) is 14.9. The number of halogens is 1. The molecule has 11 aromatic rings. The van der Waals surface area contributed by atoms with E-state index in [1.54, 1.807) is 0 Å². The van der Waals surface area contributed by atoms with Gasteiger partial charge < -0.3 is 13.9 Å². The van der Waals surface area contributed by atoms with Gasteiger partial charge >= 0.3 is 0 Å². The van der Waals surface area contributed by atoms with Crippen molar-refractivity contribution in [2.45, 2.75) is 0 Å². The average molecular weight is 887 g/mol. The summed E-state index contributed by atoms with van der Waals surface area (Å²) >= 11 is 2.47. The number of nitrogens with zero attached hydrogens (tertiary/aromatic N) is 2. The molecule has 9 aromatic carbocycles. The van der Waals surface area contributed by atoms with E-state index >= 15 is 0 Å². The van der Waals surface area contributed by atoms with Gasteiger partial charge in [0, 0.05) is 53.4 Å². The predicted octanol–water partition coefficient (Wildman–Crippen LogP) is 15.3. The Hall–Kier alpha value is -6.46. The lowest BCUT2D eigenvalue weighted by Gasteiger charge is -2.26. The SMILES string of the molecule is Pc1ccc2c3c(I)cccc3n(-c3cccc(-c4ccc(N(c5ccc(-c6ccccc6)cc5)c5ccc(-c6cccc7c6oc6ccccc67)cc5)cc4)c3)c2c1. The van der Waals surface area contributed by atoms with Crippen molar-refractivity contribution < 1.29 is 4.42 Å². The maximum absolute atomic E-state index is 6.41. The molecular formula is C54H36IN2OP. The molecule has 0 aliphatic rings. The predicted molar refractivity (Wildman–Crippen MR) is 261 cm³/mol. The summed E-state index contributed by atoms with van der Waals surface area (Å²) in [5, 5.41) is 5.99. The van der Waals surface area contributed by atoms with Crippen molar-refractivity contribution in [2.24, 2.45) is 0 Å². The number of fused-ring (bicyclic) bond motifs is 6. The van der Waals surface area contributed by atoms with Gasteiger partial charge in [0.2, 0.25) is 0 Å². The first-order valence-electron chi connectivity index (χ1n) is 19.7. The van der Waals surface area contributed by atoms with Crippen molar-refractivity contribution in [2.75, 3.05) is 4.90 Å². The molecule has 0 bridgehead atoms. The number of furan rings is 1. The summed E-state index contributed by atoms with van der Waals surface area (Å²) in [6.07, 6.45) is 0. The first-order chi connectivity index (χ1) is 29.1. The molecule has 0 radical (unpaired) electrons. The Morgan fingerprint density at radius 2 is 1.03 bits per heavy atom. The molecule has 5 heteroatoms. The molecule has 1 unspecified atom stereocenters. The molecule has 0 N–H and O–H groups in total. The third-order valence-electron chi connectivity index (χ3n) is 11.4. The van der Waals surface area contributed by atoms with Gasteiger partial charge in [-0.1, -0.05) is 133 Å². The summed E-state index contributed by atoms with van der Waals surface area (Å²) in [6, 6.07) is 74.0. The van der Waals surface area contributed by atoms with Gasteiger partial charge in [-0.05, 0) is 129 Å². The van der Waals surface area contributed by atoms with Crippen LogP contribution in [0.2, 0.25) is 0 Å². The third kappa shape index (κ3) is 6.31. The van der Waals surface area contributed by atoms with Crippen LogP contribution in [0.4, 0.5) is 17.1 Å². The average Bonchev–Trinajstić information content (AvgIpc) is 3.84. The van der Waals surface area contributed by atoms with E-state index in [1.165, 1.54) is 47.4 Å². The maximum Gasteiger partial charge on any atom is 0.143 e. The second kappa shape index (κ2) is 14.7. The number of hydrogen-bond acceptors (Lipinski definition) is 2. The highest BCUT2D eigenvalue weighted by molar-refractivity contribution is 14.1. The summed E-state index contributed by atoms with van der Waals surface area (Å²) in [6.45, 7) is 0. The van der Waals surface area contributed by atoms with E-state index < -0.39 is 0 Å². The standard InChI is InChI=1S/C54H36IN2OP/c55-49-16-8-17-50-53(49)48-32-31-44(59)34-51(48)57(50)43-12-6-11-39(33-43)37-21-27-41(28-22-37)56(40-25-19-36(20-26-40)35-9-2-1-3-10-35)42-29-23-38(24-30-42)45-14-7-15-47-46-13-4-5-18-52(46)58-54(45)47/h1-34H,59H2. The molecule has 0 saturated heterocycles. The highest BCUT2D eigenvalue weighted by Gasteiger charge is 2.18. The fourth-order valence-electron chi connectivity index (χ4n) is 8.59. The van der Waals surface area contributed by atoms with Crippen molar-refractivity contribution >= 4 is 97.9 Å². The summed E-state index contributed by atoms with van der Waals surface area (Å²) in [5.74, 6) is 0. The van der Waals surface area contributed by atoms with E-state index in [1.807, 2.05) is 12.1 Å². The fourth-order valence-corrected chi connectivity index (χ4v) is 9.62. The Bertz CT molecular complexity index is 3330. The van der Waals surface area contributed by atoms with Gasteiger partial charge in [-0.2, -0.15) is 0 Å². The molecule has 2 heterocycles. The van der Waals surface area contributed by atoms with Gasteiger partial charge in [-0.3, -0.25) is 0 Å². The number of para-hydroxylation sites is 2. The van der Waals surface area contributed by atoms with Crippen LogP contribution in [0.1, 0.15) is 0 Å². The molecule has 0 saturated carbocycles. The van der Waals surface area contributed by atoms with Crippen LogP contribution in [-0.2, 0) is 0 Å². The lowest BCUT2D eigenvalue weighted by atomic mass is 10.0. The Morgan fingerprint density at radius 1 is 0.441 bits per heavy atom. The van der Waals surface area contributed by atoms with E-state index in [0.717, 1.165) is 61.4 Å². The Kier molecular flexibility index (Phi) is 8.91. The van der Waals surface area contributed by atoms with E-state index in [0.29, 0.717) is 0 Å². The number of anilines is 3. The molecule has 2 aromatic heterocycles. The Labute approximate surface area is 358 Å². The molecule has 0 amide bonds. The quantitative estimate of drug-likeness (QED) is 0.117. The van der Waals surface area contributed by atoms with Gasteiger partial charge in [-0.15, -0.1) is 9.24 Å².